The van der Waals surface area contributed by atoms with Gasteiger partial charge in [0.1, 0.15) is 12.1 Å². The second-order valence-corrected chi connectivity index (χ2v) is 4.57. The van der Waals surface area contributed by atoms with E-state index in [1.807, 2.05) is 0 Å². The van der Waals surface area contributed by atoms with Crippen molar-refractivity contribution in [1.82, 2.24) is 10.2 Å². The van der Waals surface area contributed by atoms with Crippen molar-refractivity contribution in [3.05, 3.63) is 0 Å². The predicted molar refractivity (Wildman–Crippen MR) is 65.0 cm³/mol. The molecular weight excluding hydrogens is 254 g/mol. The van der Waals surface area contributed by atoms with E-state index in [1.165, 1.54) is 11.8 Å². The molecule has 8 heteroatoms. The van der Waals surface area contributed by atoms with Gasteiger partial charge in [0.05, 0.1) is 12.6 Å². The first-order valence-electron chi connectivity index (χ1n) is 6.08. The molecule has 0 aromatic rings. The molecule has 1 saturated heterocycles. The molecule has 108 valence electrons. The number of carbonyl (C=O) groups excluding carboxylic acids is 2. The minimum Gasteiger partial charge on any atom is -0.480 e. The van der Waals surface area contributed by atoms with Gasteiger partial charge in [0.2, 0.25) is 11.8 Å². The Hall–Kier alpha value is -1.67. The Balaban J connectivity index is 2.47. The van der Waals surface area contributed by atoms with Gasteiger partial charge in [-0.15, -0.1) is 0 Å². The second-order valence-electron chi connectivity index (χ2n) is 4.57. The van der Waals surface area contributed by atoms with Crippen molar-refractivity contribution in [2.45, 2.75) is 38.0 Å². The molecule has 5 N–H and O–H groups in total. The van der Waals surface area contributed by atoms with Crippen molar-refractivity contribution in [2.24, 2.45) is 5.73 Å². The van der Waals surface area contributed by atoms with Gasteiger partial charge in [-0.25, -0.2) is 4.79 Å². The molecule has 1 aliphatic rings. The Labute approximate surface area is 110 Å². The Morgan fingerprint density at radius 1 is 1.47 bits per heavy atom. The van der Waals surface area contributed by atoms with Gasteiger partial charge in [-0.1, -0.05) is 0 Å². The van der Waals surface area contributed by atoms with E-state index in [4.69, 9.17) is 15.9 Å². The van der Waals surface area contributed by atoms with Crippen LogP contribution in [-0.4, -0.2) is 64.2 Å². The highest BCUT2D eigenvalue weighted by Gasteiger charge is 2.34. The first-order chi connectivity index (χ1) is 8.84. The number of nitrogens with two attached hydrogens (primary N) is 1. The molecular formula is C11H19N3O5. The number of aliphatic hydroxyl groups excluding tert-OH is 1. The van der Waals surface area contributed by atoms with E-state index in [9.17, 15) is 14.4 Å². The summed E-state index contributed by atoms with van der Waals surface area (Å²) in [6, 6.07) is -1.93. The second kappa shape index (κ2) is 6.48. The minimum atomic E-state index is -1.11. The van der Waals surface area contributed by atoms with Crippen LogP contribution in [0.4, 0.5) is 0 Å². The quantitative estimate of drug-likeness (QED) is 0.453. The van der Waals surface area contributed by atoms with Crippen molar-refractivity contribution in [3.63, 3.8) is 0 Å². The van der Waals surface area contributed by atoms with E-state index >= 15 is 0 Å². The van der Waals surface area contributed by atoms with Gasteiger partial charge in [0.15, 0.2) is 0 Å². The molecule has 2 amide bonds. The van der Waals surface area contributed by atoms with E-state index in [1.54, 1.807) is 0 Å². The van der Waals surface area contributed by atoms with E-state index in [0.717, 1.165) is 0 Å². The topological polar surface area (TPSA) is 133 Å². The summed E-state index contributed by atoms with van der Waals surface area (Å²) in [5.74, 6) is -2.15. The summed E-state index contributed by atoms with van der Waals surface area (Å²) >= 11 is 0. The Bertz CT molecular complexity index is 371. The number of hydrogen-bond acceptors (Lipinski definition) is 5. The summed E-state index contributed by atoms with van der Waals surface area (Å²) in [4.78, 5) is 35.4. The summed E-state index contributed by atoms with van der Waals surface area (Å²) in [7, 11) is 0. The van der Waals surface area contributed by atoms with E-state index in [-0.39, 0.29) is 6.54 Å². The number of carboxylic acid groups (broad SMARTS) is 1. The van der Waals surface area contributed by atoms with Crippen molar-refractivity contribution in [2.75, 3.05) is 13.1 Å². The normalized spacial score (nSPS) is 21.8. The third-order valence-electron chi connectivity index (χ3n) is 3.09. The SMILES string of the molecule is C[C@@H](O)[C@H](N)C(=O)NCC(=O)N1CCC[C@@H]1C(=O)O. The van der Waals surface area contributed by atoms with Crippen LogP contribution in [0.1, 0.15) is 19.8 Å². The number of rotatable bonds is 5. The maximum absolute atomic E-state index is 11.8. The van der Waals surface area contributed by atoms with Gasteiger partial charge in [0, 0.05) is 6.54 Å². The number of nitrogens with one attached hydrogen (secondary N) is 1. The van der Waals surface area contributed by atoms with Gasteiger partial charge >= 0.3 is 5.97 Å². The van der Waals surface area contributed by atoms with Gasteiger partial charge in [-0.2, -0.15) is 0 Å². The lowest BCUT2D eigenvalue weighted by Gasteiger charge is -2.22. The smallest absolute Gasteiger partial charge is 0.326 e. The minimum absolute atomic E-state index is 0.316. The highest BCUT2D eigenvalue weighted by molar-refractivity contribution is 5.90. The van der Waals surface area contributed by atoms with Crippen LogP contribution in [-0.2, 0) is 14.4 Å². The molecule has 0 aromatic carbocycles. The van der Waals surface area contributed by atoms with Crippen molar-refractivity contribution < 1.29 is 24.6 Å². The Morgan fingerprint density at radius 3 is 2.63 bits per heavy atom. The Kier molecular flexibility index (Phi) is 5.25. The molecule has 0 bridgehead atoms. The highest BCUT2D eigenvalue weighted by atomic mass is 16.4. The average molecular weight is 273 g/mol. The molecule has 0 unspecified atom stereocenters. The van der Waals surface area contributed by atoms with Crippen molar-refractivity contribution in [1.29, 1.82) is 0 Å². The standard InChI is InChI=1S/C11H19N3O5/c1-6(15)9(12)10(17)13-5-8(16)14-4-2-3-7(14)11(18)19/h6-7,9,15H,2-5,12H2,1H3,(H,13,17)(H,18,19)/t6-,7-,9+/m1/s1. The van der Waals surface area contributed by atoms with Gasteiger partial charge in [-0.3, -0.25) is 9.59 Å². The van der Waals surface area contributed by atoms with E-state index < -0.39 is 36.0 Å². The van der Waals surface area contributed by atoms with Crippen LogP contribution >= 0.6 is 0 Å². The fraction of sp³-hybridized carbons (Fsp3) is 0.727. The van der Waals surface area contributed by atoms with Crippen LogP contribution < -0.4 is 11.1 Å². The molecule has 0 saturated carbocycles. The number of amides is 2. The maximum Gasteiger partial charge on any atom is 0.326 e. The fourth-order valence-corrected chi connectivity index (χ4v) is 1.92. The van der Waals surface area contributed by atoms with Crippen LogP contribution in [0.2, 0.25) is 0 Å². The molecule has 0 spiro atoms. The molecule has 0 aromatic heterocycles. The molecule has 1 fully saturated rings. The molecule has 1 rings (SSSR count). The van der Waals surface area contributed by atoms with E-state index in [2.05, 4.69) is 5.32 Å². The number of aliphatic hydroxyl groups is 1. The lowest BCUT2D eigenvalue weighted by molar-refractivity contribution is -0.148. The molecule has 0 aliphatic carbocycles. The van der Waals surface area contributed by atoms with Gasteiger partial charge < -0.3 is 26.2 Å². The van der Waals surface area contributed by atoms with Crippen LogP contribution in [0.3, 0.4) is 0 Å². The fourth-order valence-electron chi connectivity index (χ4n) is 1.92. The molecule has 1 heterocycles. The number of carboxylic acids is 1. The molecule has 1 aliphatic heterocycles. The molecule has 0 radical (unpaired) electrons. The number of carbonyl (C=O) groups is 3. The van der Waals surface area contributed by atoms with Gasteiger partial charge in [-0.05, 0) is 19.8 Å². The zero-order chi connectivity index (χ0) is 14.6. The van der Waals surface area contributed by atoms with Crippen LogP contribution in [0, 0.1) is 0 Å². The molecule has 3 atom stereocenters. The maximum atomic E-state index is 11.8. The first-order valence-corrected chi connectivity index (χ1v) is 6.08. The lowest BCUT2D eigenvalue weighted by Crippen LogP contribution is -2.51. The zero-order valence-electron chi connectivity index (χ0n) is 10.7. The average Bonchev–Trinajstić information content (AvgIpc) is 2.83. The first kappa shape index (κ1) is 15.4. The summed E-state index contributed by atoms with van der Waals surface area (Å²) in [6.45, 7) is 1.42. The van der Waals surface area contributed by atoms with Crippen molar-refractivity contribution in [3.8, 4) is 0 Å². The summed E-state index contributed by atoms with van der Waals surface area (Å²) in [6.07, 6.45) is 0.0279. The number of nitrogens with zero attached hydrogens (tertiary/aromatic N) is 1. The zero-order valence-corrected chi connectivity index (χ0v) is 10.7. The highest BCUT2D eigenvalue weighted by Crippen LogP contribution is 2.17. The predicted octanol–water partition coefficient (Wildman–Crippen LogP) is -2.11. The molecule has 8 nitrogen and oxygen atoms in total. The van der Waals surface area contributed by atoms with Crippen LogP contribution in [0.5, 0.6) is 0 Å². The lowest BCUT2D eigenvalue weighted by atomic mass is 10.2. The summed E-state index contributed by atoms with van der Waals surface area (Å²) < 4.78 is 0. The molecule has 19 heavy (non-hydrogen) atoms. The number of likely N-dealkylation sites (tertiary alicyclic amines) is 1. The number of hydrogen-bond donors (Lipinski definition) is 4. The van der Waals surface area contributed by atoms with E-state index in [0.29, 0.717) is 19.4 Å². The van der Waals surface area contributed by atoms with Crippen LogP contribution in [0.15, 0.2) is 0 Å². The summed E-state index contributed by atoms with van der Waals surface area (Å²) in [5.41, 5.74) is 5.39. The number of aliphatic carboxylic acids is 1. The third kappa shape index (κ3) is 3.90. The van der Waals surface area contributed by atoms with Crippen LogP contribution in [0.25, 0.3) is 0 Å². The largest absolute Gasteiger partial charge is 0.480 e. The van der Waals surface area contributed by atoms with Gasteiger partial charge in [0.25, 0.3) is 0 Å². The van der Waals surface area contributed by atoms with Crippen molar-refractivity contribution >= 4 is 17.8 Å². The monoisotopic (exact) mass is 273 g/mol. The Morgan fingerprint density at radius 2 is 2.11 bits per heavy atom. The third-order valence-corrected chi connectivity index (χ3v) is 3.09. The summed E-state index contributed by atoms with van der Waals surface area (Å²) in [5, 5.41) is 20.4.